The minimum atomic E-state index is -0.323. The normalized spacial score (nSPS) is 10.2. The fraction of sp³-hybridized carbons (Fsp3) is 0.357. The van der Waals surface area contributed by atoms with Crippen molar-refractivity contribution in [2.24, 2.45) is 0 Å². The standard InChI is InChI=1S/C8H14O2.C6H4O/c1-3-5-6-7-10-8(9)4-2;1-2-4-6-5(3-1)7-6/h4H,2-3,5-7H2,1H3;1-4H. The Morgan fingerprint density at radius 3 is 2.47 bits per heavy atom. The van der Waals surface area contributed by atoms with Crippen LogP contribution in [-0.4, -0.2) is 12.6 Å². The molecule has 0 unspecified atom stereocenters. The summed E-state index contributed by atoms with van der Waals surface area (Å²) in [5.74, 6) is 1.74. The van der Waals surface area contributed by atoms with Crippen molar-refractivity contribution in [2.45, 2.75) is 26.2 Å². The molecule has 0 amide bonds. The first kappa shape index (κ1) is 13.3. The van der Waals surface area contributed by atoms with Gasteiger partial charge in [0.25, 0.3) is 0 Å². The molecule has 0 aliphatic carbocycles. The zero-order valence-corrected chi connectivity index (χ0v) is 10.1. The van der Waals surface area contributed by atoms with Crippen molar-refractivity contribution in [3.8, 4) is 11.5 Å². The van der Waals surface area contributed by atoms with Crippen LogP contribution in [0.2, 0.25) is 0 Å². The molecule has 0 saturated heterocycles. The summed E-state index contributed by atoms with van der Waals surface area (Å²) in [6.45, 7) is 5.92. The summed E-state index contributed by atoms with van der Waals surface area (Å²) in [4.78, 5) is 10.4. The lowest BCUT2D eigenvalue weighted by molar-refractivity contribution is -0.137. The second-order valence-electron chi connectivity index (χ2n) is 3.63. The molecule has 0 atom stereocenters. The van der Waals surface area contributed by atoms with E-state index in [4.69, 9.17) is 9.47 Å². The number of unbranched alkanes of at least 4 members (excludes halogenated alkanes) is 2. The van der Waals surface area contributed by atoms with E-state index in [1.807, 2.05) is 24.3 Å². The third-order valence-corrected chi connectivity index (χ3v) is 2.19. The van der Waals surface area contributed by atoms with E-state index in [0.717, 1.165) is 30.8 Å². The van der Waals surface area contributed by atoms with Gasteiger partial charge in [0.05, 0.1) is 6.61 Å². The van der Waals surface area contributed by atoms with Crippen molar-refractivity contribution < 1.29 is 14.3 Å². The molecular formula is C14H18O3. The van der Waals surface area contributed by atoms with Gasteiger partial charge in [-0.15, -0.1) is 0 Å². The largest absolute Gasteiger partial charge is 0.463 e. The molecule has 1 heterocycles. The molecule has 0 spiro atoms. The van der Waals surface area contributed by atoms with Crippen LogP contribution in [0.15, 0.2) is 36.9 Å². The maximum Gasteiger partial charge on any atom is 0.330 e. The Labute approximate surface area is 102 Å². The predicted molar refractivity (Wildman–Crippen MR) is 67.2 cm³/mol. The molecule has 1 aromatic carbocycles. The number of hydrogen-bond donors (Lipinski definition) is 0. The van der Waals surface area contributed by atoms with Gasteiger partial charge in [0.1, 0.15) is 0 Å². The lowest BCUT2D eigenvalue weighted by atomic mass is 10.3. The second-order valence-corrected chi connectivity index (χ2v) is 3.63. The van der Waals surface area contributed by atoms with Gasteiger partial charge in [-0.1, -0.05) is 38.5 Å². The molecule has 3 nitrogen and oxygen atoms in total. The topological polar surface area (TPSA) is 38.8 Å². The second kappa shape index (κ2) is 7.49. The number of ether oxygens (including phenoxy) is 2. The van der Waals surface area contributed by atoms with E-state index >= 15 is 0 Å². The van der Waals surface area contributed by atoms with Crippen LogP contribution < -0.4 is 4.74 Å². The molecule has 1 aliphatic rings. The highest BCUT2D eigenvalue weighted by molar-refractivity contribution is 5.81. The number of para-hydroxylation sites is 2. The van der Waals surface area contributed by atoms with Gasteiger partial charge in [-0.3, -0.25) is 0 Å². The average Bonchev–Trinajstić information content (AvgIpc) is 3.14. The van der Waals surface area contributed by atoms with Crippen molar-refractivity contribution in [1.29, 1.82) is 0 Å². The molecular weight excluding hydrogens is 216 g/mol. The van der Waals surface area contributed by atoms with Gasteiger partial charge in [-0.2, -0.15) is 0 Å². The Balaban J connectivity index is 0.000000177. The molecule has 0 fully saturated rings. The van der Waals surface area contributed by atoms with E-state index in [1.165, 1.54) is 6.08 Å². The number of rotatable bonds is 5. The van der Waals surface area contributed by atoms with Gasteiger partial charge < -0.3 is 9.47 Å². The van der Waals surface area contributed by atoms with Crippen LogP contribution in [0.5, 0.6) is 11.5 Å². The number of fused-ring (bicyclic) bond motifs is 1. The molecule has 0 aromatic heterocycles. The summed E-state index contributed by atoms with van der Waals surface area (Å²) < 4.78 is 9.67. The minimum absolute atomic E-state index is 0.323. The summed E-state index contributed by atoms with van der Waals surface area (Å²) in [5, 5.41) is 0. The molecule has 1 aliphatic heterocycles. The Hall–Kier alpha value is -1.77. The SMILES string of the molecule is C=CC(=O)OCCCCC.c1ccc2c(c1)O2. The Morgan fingerprint density at radius 2 is 2.00 bits per heavy atom. The first-order chi connectivity index (χ1) is 8.27. The molecule has 92 valence electrons. The van der Waals surface area contributed by atoms with Gasteiger partial charge in [-0.25, -0.2) is 4.79 Å². The van der Waals surface area contributed by atoms with Crippen molar-refractivity contribution in [1.82, 2.24) is 0 Å². The van der Waals surface area contributed by atoms with E-state index in [-0.39, 0.29) is 5.97 Å². The van der Waals surface area contributed by atoms with Gasteiger partial charge in [0.2, 0.25) is 0 Å². The smallest absolute Gasteiger partial charge is 0.330 e. The van der Waals surface area contributed by atoms with Crippen LogP contribution in [0.3, 0.4) is 0 Å². The van der Waals surface area contributed by atoms with Crippen molar-refractivity contribution >= 4 is 5.97 Å². The third-order valence-electron chi connectivity index (χ3n) is 2.19. The highest BCUT2D eigenvalue weighted by Gasteiger charge is 2.15. The highest BCUT2D eigenvalue weighted by Crippen LogP contribution is 2.43. The average molecular weight is 234 g/mol. The molecule has 0 bridgehead atoms. The lowest BCUT2D eigenvalue weighted by Crippen LogP contribution is -2.01. The van der Waals surface area contributed by atoms with Gasteiger partial charge >= 0.3 is 5.97 Å². The summed E-state index contributed by atoms with van der Waals surface area (Å²) in [6.07, 6.45) is 4.40. The van der Waals surface area contributed by atoms with E-state index < -0.39 is 0 Å². The van der Waals surface area contributed by atoms with Crippen LogP contribution in [0.25, 0.3) is 0 Å². The Bertz CT molecular complexity index is 350. The van der Waals surface area contributed by atoms with Crippen LogP contribution >= 0.6 is 0 Å². The third kappa shape index (κ3) is 5.76. The summed E-state index contributed by atoms with van der Waals surface area (Å²) in [7, 11) is 0. The van der Waals surface area contributed by atoms with E-state index in [2.05, 4.69) is 13.5 Å². The van der Waals surface area contributed by atoms with E-state index in [9.17, 15) is 4.79 Å². The fourth-order valence-electron chi connectivity index (χ4n) is 1.19. The van der Waals surface area contributed by atoms with E-state index in [1.54, 1.807) is 0 Å². The van der Waals surface area contributed by atoms with Gasteiger partial charge in [0, 0.05) is 6.08 Å². The molecule has 0 N–H and O–H groups in total. The molecule has 0 saturated carbocycles. The number of carbonyl (C=O) groups excluding carboxylic acids is 1. The lowest BCUT2D eigenvalue weighted by Gasteiger charge is -1.98. The number of esters is 1. The first-order valence-corrected chi connectivity index (χ1v) is 5.84. The maximum atomic E-state index is 10.4. The zero-order chi connectivity index (χ0) is 12.5. The minimum Gasteiger partial charge on any atom is -0.463 e. The van der Waals surface area contributed by atoms with E-state index in [0.29, 0.717) is 6.61 Å². The fourth-order valence-corrected chi connectivity index (χ4v) is 1.19. The summed E-state index contributed by atoms with van der Waals surface area (Å²) in [5.41, 5.74) is 0. The van der Waals surface area contributed by atoms with Crippen molar-refractivity contribution in [2.75, 3.05) is 6.61 Å². The van der Waals surface area contributed by atoms with Crippen molar-refractivity contribution in [3.63, 3.8) is 0 Å². The molecule has 17 heavy (non-hydrogen) atoms. The number of hydrogen-bond acceptors (Lipinski definition) is 3. The Morgan fingerprint density at radius 1 is 1.35 bits per heavy atom. The zero-order valence-electron chi connectivity index (χ0n) is 10.1. The van der Waals surface area contributed by atoms with Crippen molar-refractivity contribution in [3.05, 3.63) is 36.9 Å². The van der Waals surface area contributed by atoms with Crippen LogP contribution in [-0.2, 0) is 9.53 Å². The molecule has 1 aromatic rings. The maximum absolute atomic E-state index is 10.4. The summed E-state index contributed by atoms with van der Waals surface area (Å²) in [6, 6.07) is 7.84. The van der Waals surface area contributed by atoms with Gasteiger partial charge in [-0.05, 0) is 18.6 Å². The van der Waals surface area contributed by atoms with Crippen LogP contribution in [0.4, 0.5) is 0 Å². The molecule has 0 radical (unpaired) electrons. The Kier molecular flexibility index (Phi) is 5.86. The number of benzene rings is 1. The molecule has 2 rings (SSSR count). The monoisotopic (exact) mass is 234 g/mol. The van der Waals surface area contributed by atoms with Crippen LogP contribution in [0, 0.1) is 0 Å². The molecule has 3 heteroatoms. The van der Waals surface area contributed by atoms with Gasteiger partial charge in [0.15, 0.2) is 11.5 Å². The quantitative estimate of drug-likeness (QED) is 0.343. The first-order valence-electron chi connectivity index (χ1n) is 5.84. The number of carbonyl (C=O) groups is 1. The predicted octanol–water partition coefficient (Wildman–Crippen LogP) is 3.70. The van der Waals surface area contributed by atoms with Crippen LogP contribution in [0.1, 0.15) is 26.2 Å². The summed E-state index contributed by atoms with van der Waals surface area (Å²) >= 11 is 0. The highest BCUT2D eigenvalue weighted by atomic mass is 16.6.